The van der Waals surface area contributed by atoms with E-state index in [1.807, 2.05) is 35.2 Å². The number of methoxy groups -OCH3 is 1. The second kappa shape index (κ2) is 7.21. The van der Waals surface area contributed by atoms with Crippen LogP contribution in [0.2, 0.25) is 0 Å². The van der Waals surface area contributed by atoms with Crippen LogP contribution < -0.4 is 5.32 Å². The second-order valence-corrected chi connectivity index (χ2v) is 5.26. The summed E-state index contributed by atoms with van der Waals surface area (Å²) < 4.78 is 6.81. The fourth-order valence-corrected chi connectivity index (χ4v) is 2.65. The molecule has 0 aliphatic rings. The Balaban J connectivity index is 2.07. The van der Waals surface area contributed by atoms with E-state index in [1.54, 1.807) is 18.4 Å². The Morgan fingerprint density at radius 1 is 1.55 bits per heavy atom. The van der Waals surface area contributed by atoms with Gasteiger partial charge in [0.25, 0.3) is 5.91 Å². The van der Waals surface area contributed by atoms with Gasteiger partial charge in [0, 0.05) is 26.8 Å². The second-order valence-electron chi connectivity index (χ2n) is 4.31. The standard InChI is InChI=1S/C14H19N3O2S/c1-3-17-12(13-6-4-9-20-13)10-11(16-17)14(18)15-7-5-8-19-2/h4,6,9-10H,3,5,7-8H2,1-2H3,(H,15,18). The van der Waals surface area contributed by atoms with Crippen molar-refractivity contribution in [2.24, 2.45) is 0 Å². The Labute approximate surface area is 122 Å². The van der Waals surface area contributed by atoms with Crippen molar-refractivity contribution in [3.63, 3.8) is 0 Å². The summed E-state index contributed by atoms with van der Waals surface area (Å²) in [6.07, 6.45) is 0.800. The number of ether oxygens (including phenoxy) is 1. The number of nitrogens with one attached hydrogen (secondary N) is 1. The van der Waals surface area contributed by atoms with E-state index in [4.69, 9.17) is 4.74 Å². The number of nitrogens with zero attached hydrogens (tertiary/aromatic N) is 2. The van der Waals surface area contributed by atoms with Crippen molar-refractivity contribution in [1.29, 1.82) is 0 Å². The molecule has 0 radical (unpaired) electrons. The molecule has 20 heavy (non-hydrogen) atoms. The van der Waals surface area contributed by atoms with Gasteiger partial charge >= 0.3 is 0 Å². The van der Waals surface area contributed by atoms with Gasteiger partial charge in [-0.2, -0.15) is 5.10 Å². The number of carbonyl (C=O) groups excluding carboxylic acids is 1. The first-order chi connectivity index (χ1) is 9.76. The van der Waals surface area contributed by atoms with Crippen molar-refractivity contribution in [3.05, 3.63) is 29.3 Å². The van der Waals surface area contributed by atoms with Gasteiger partial charge in [-0.25, -0.2) is 0 Å². The van der Waals surface area contributed by atoms with Gasteiger partial charge in [-0.15, -0.1) is 11.3 Å². The molecule has 0 fully saturated rings. The highest BCUT2D eigenvalue weighted by Crippen LogP contribution is 2.25. The first-order valence-electron chi connectivity index (χ1n) is 6.65. The van der Waals surface area contributed by atoms with Gasteiger partial charge in [-0.1, -0.05) is 6.07 Å². The minimum Gasteiger partial charge on any atom is -0.385 e. The fraction of sp³-hybridized carbons (Fsp3) is 0.429. The molecule has 0 saturated heterocycles. The van der Waals surface area contributed by atoms with E-state index >= 15 is 0 Å². The number of hydrogen-bond donors (Lipinski definition) is 1. The van der Waals surface area contributed by atoms with Crippen LogP contribution in [0, 0.1) is 0 Å². The zero-order valence-corrected chi connectivity index (χ0v) is 12.6. The Kier molecular flexibility index (Phi) is 5.31. The van der Waals surface area contributed by atoms with E-state index in [9.17, 15) is 4.79 Å². The minimum atomic E-state index is -0.133. The monoisotopic (exact) mass is 293 g/mol. The normalized spacial score (nSPS) is 10.7. The first-order valence-corrected chi connectivity index (χ1v) is 7.53. The molecule has 5 nitrogen and oxygen atoms in total. The molecule has 0 saturated carbocycles. The van der Waals surface area contributed by atoms with Crippen LogP contribution >= 0.6 is 11.3 Å². The number of carbonyl (C=O) groups is 1. The topological polar surface area (TPSA) is 56.2 Å². The minimum absolute atomic E-state index is 0.133. The Hall–Kier alpha value is -1.66. The van der Waals surface area contributed by atoms with Gasteiger partial charge in [0.05, 0.1) is 10.6 Å². The summed E-state index contributed by atoms with van der Waals surface area (Å²) in [7, 11) is 1.65. The Morgan fingerprint density at radius 2 is 2.40 bits per heavy atom. The maximum absolute atomic E-state index is 12.0. The van der Waals surface area contributed by atoms with Crippen LogP contribution in [-0.2, 0) is 11.3 Å². The molecule has 108 valence electrons. The third-order valence-electron chi connectivity index (χ3n) is 2.90. The summed E-state index contributed by atoms with van der Waals surface area (Å²) >= 11 is 1.65. The molecule has 1 amide bonds. The Bertz CT molecular complexity index is 549. The maximum Gasteiger partial charge on any atom is 0.271 e. The number of aryl methyl sites for hydroxylation is 1. The zero-order chi connectivity index (χ0) is 14.4. The smallest absolute Gasteiger partial charge is 0.271 e. The highest BCUT2D eigenvalue weighted by atomic mass is 32.1. The van der Waals surface area contributed by atoms with E-state index in [-0.39, 0.29) is 5.91 Å². The van der Waals surface area contributed by atoms with Gasteiger partial charge in [-0.05, 0) is 30.9 Å². The average molecular weight is 293 g/mol. The number of thiophene rings is 1. The van der Waals surface area contributed by atoms with Crippen molar-refractivity contribution >= 4 is 17.2 Å². The lowest BCUT2D eigenvalue weighted by molar-refractivity contribution is 0.0943. The summed E-state index contributed by atoms with van der Waals surface area (Å²) in [5.41, 5.74) is 1.46. The van der Waals surface area contributed by atoms with Crippen LogP contribution in [0.4, 0.5) is 0 Å². The summed E-state index contributed by atoms with van der Waals surface area (Å²) in [5.74, 6) is -0.133. The van der Waals surface area contributed by atoms with E-state index in [1.165, 1.54) is 0 Å². The molecule has 2 aromatic heterocycles. The van der Waals surface area contributed by atoms with Gasteiger partial charge in [-0.3, -0.25) is 9.48 Å². The highest BCUT2D eigenvalue weighted by molar-refractivity contribution is 7.13. The SMILES string of the molecule is CCn1nc(C(=O)NCCCOC)cc1-c1cccs1. The molecule has 2 rings (SSSR count). The number of amides is 1. The average Bonchev–Trinajstić information content (AvgIpc) is 3.10. The largest absolute Gasteiger partial charge is 0.385 e. The molecule has 0 unspecified atom stereocenters. The molecule has 0 aromatic carbocycles. The van der Waals surface area contributed by atoms with Crippen LogP contribution in [0.15, 0.2) is 23.6 Å². The predicted molar refractivity (Wildman–Crippen MR) is 80.0 cm³/mol. The lowest BCUT2D eigenvalue weighted by Gasteiger charge is -2.02. The van der Waals surface area contributed by atoms with E-state index in [0.29, 0.717) is 18.8 Å². The maximum atomic E-state index is 12.0. The van der Waals surface area contributed by atoms with E-state index < -0.39 is 0 Å². The zero-order valence-electron chi connectivity index (χ0n) is 11.8. The number of rotatable bonds is 7. The molecule has 2 heterocycles. The first kappa shape index (κ1) is 14.7. The molecular weight excluding hydrogens is 274 g/mol. The molecule has 2 aromatic rings. The number of aromatic nitrogens is 2. The number of hydrogen-bond acceptors (Lipinski definition) is 4. The van der Waals surface area contributed by atoms with Crippen molar-refractivity contribution in [3.8, 4) is 10.6 Å². The molecular formula is C14H19N3O2S. The summed E-state index contributed by atoms with van der Waals surface area (Å²) in [6, 6.07) is 5.88. The lowest BCUT2D eigenvalue weighted by Crippen LogP contribution is -2.25. The van der Waals surface area contributed by atoms with Crippen molar-refractivity contribution in [2.45, 2.75) is 19.9 Å². The summed E-state index contributed by atoms with van der Waals surface area (Å²) in [4.78, 5) is 13.2. The van der Waals surface area contributed by atoms with Crippen LogP contribution in [-0.4, -0.2) is 35.9 Å². The van der Waals surface area contributed by atoms with Crippen molar-refractivity contribution in [2.75, 3.05) is 20.3 Å². The van der Waals surface area contributed by atoms with Crippen molar-refractivity contribution in [1.82, 2.24) is 15.1 Å². The van der Waals surface area contributed by atoms with Gasteiger partial charge in [0.2, 0.25) is 0 Å². The fourth-order valence-electron chi connectivity index (χ4n) is 1.90. The quantitative estimate of drug-likeness (QED) is 0.798. The van der Waals surface area contributed by atoms with E-state index in [0.717, 1.165) is 23.5 Å². The van der Waals surface area contributed by atoms with E-state index in [2.05, 4.69) is 10.4 Å². The van der Waals surface area contributed by atoms with Crippen LogP contribution in [0.5, 0.6) is 0 Å². The van der Waals surface area contributed by atoms with Crippen LogP contribution in [0.1, 0.15) is 23.8 Å². The summed E-state index contributed by atoms with van der Waals surface area (Å²) in [6.45, 7) is 4.00. The molecule has 6 heteroatoms. The molecule has 0 aliphatic carbocycles. The van der Waals surface area contributed by atoms with Crippen LogP contribution in [0.25, 0.3) is 10.6 Å². The Morgan fingerprint density at radius 3 is 3.05 bits per heavy atom. The summed E-state index contributed by atoms with van der Waals surface area (Å²) in [5, 5.41) is 9.24. The molecule has 0 spiro atoms. The third-order valence-corrected chi connectivity index (χ3v) is 3.79. The van der Waals surface area contributed by atoms with Gasteiger partial charge < -0.3 is 10.1 Å². The molecule has 1 N–H and O–H groups in total. The van der Waals surface area contributed by atoms with Gasteiger partial charge in [0.1, 0.15) is 0 Å². The molecule has 0 aliphatic heterocycles. The van der Waals surface area contributed by atoms with Crippen molar-refractivity contribution < 1.29 is 9.53 Å². The molecule has 0 atom stereocenters. The predicted octanol–water partition coefficient (Wildman–Crippen LogP) is 2.40. The third kappa shape index (κ3) is 3.46. The van der Waals surface area contributed by atoms with Crippen LogP contribution in [0.3, 0.4) is 0 Å². The lowest BCUT2D eigenvalue weighted by atomic mass is 10.3. The van der Waals surface area contributed by atoms with Gasteiger partial charge in [0.15, 0.2) is 5.69 Å². The molecule has 0 bridgehead atoms. The highest BCUT2D eigenvalue weighted by Gasteiger charge is 2.14.